The first kappa shape index (κ1) is 34.8. The molecule has 3 amide bonds. The van der Waals surface area contributed by atoms with Gasteiger partial charge >= 0.3 is 12.2 Å². The van der Waals surface area contributed by atoms with Gasteiger partial charge in [-0.05, 0) is 57.0 Å². The fourth-order valence-corrected chi connectivity index (χ4v) is 5.31. The Hall–Kier alpha value is -3.40. The number of carbonyl (C=O) groups excluding carboxylic acids is 5. The van der Waals surface area contributed by atoms with Gasteiger partial charge in [-0.25, -0.2) is 9.18 Å². The molecule has 0 spiro atoms. The molecular weight excluding hydrogens is 585 g/mol. The van der Waals surface area contributed by atoms with E-state index in [1.54, 1.807) is 45.0 Å². The van der Waals surface area contributed by atoms with Gasteiger partial charge in [-0.3, -0.25) is 9.59 Å². The highest BCUT2D eigenvalue weighted by molar-refractivity contribution is 7.99. The maximum atomic E-state index is 15.1. The van der Waals surface area contributed by atoms with Gasteiger partial charge in [0.25, 0.3) is 11.8 Å². The minimum absolute atomic E-state index is 0.129. The average molecular weight is 622 g/mol. The Morgan fingerprint density at radius 3 is 2.38 bits per heavy atom. The first-order valence-electron chi connectivity index (χ1n) is 13.7. The number of nitrogens with one attached hydrogen (secondary N) is 2. The monoisotopic (exact) mass is 621 g/mol. The number of halogens is 2. The van der Waals surface area contributed by atoms with Crippen LogP contribution in [0.4, 0.5) is 14.9 Å². The molecule has 228 valence electrons. The Labute approximate surface area is 254 Å². The van der Waals surface area contributed by atoms with Gasteiger partial charge in [0.1, 0.15) is 17.5 Å². The van der Waals surface area contributed by atoms with Crippen molar-refractivity contribution < 1.29 is 33.1 Å². The zero-order valence-electron chi connectivity index (χ0n) is 24.3. The minimum Gasteiger partial charge on any atom is -0.444 e. The molecule has 2 aromatic rings. The van der Waals surface area contributed by atoms with E-state index in [0.29, 0.717) is 22.2 Å². The molecule has 9 nitrogen and oxygen atoms in total. The number of alkyl carbamates (subject to hydrolysis) is 1. The third kappa shape index (κ3) is 11.1. The summed E-state index contributed by atoms with van der Waals surface area (Å²) in [7, 11) is 0. The van der Waals surface area contributed by atoms with Crippen LogP contribution in [0.1, 0.15) is 75.7 Å². The van der Waals surface area contributed by atoms with Gasteiger partial charge in [0.05, 0.1) is 17.8 Å². The number of amides is 3. The smallest absolute Gasteiger partial charge is 0.408 e. The van der Waals surface area contributed by atoms with E-state index in [1.165, 1.54) is 28.8 Å². The second-order valence-corrected chi connectivity index (χ2v) is 12.1. The van der Waals surface area contributed by atoms with Crippen LogP contribution in [-0.4, -0.2) is 48.0 Å². The number of hydrogen-bond acceptors (Lipinski definition) is 7. The fraction of sp³-hybridized carbons (Fsp3) is 0.467. The topological polar surface area (TPSA) is 122 Å². The number of anilines is 1. The van der Waals surface area contributed by atoms with Gasteiger partial charge in [0, 0.05) is 22.2 Å². The zero-order valence-corrected chi connectivity index (χ0v) is 25.8. The highest BCUT2D eigenvalue weighted by Crippen LogP contribution is 2.37. The number of thioether (sulfide) groups is 1. The summed E-state index contributed by atoms with van der Waals surface area (Å²) >= 11 is 7.28. The lowest BCUT2D eigenvalue weighted by Gasteiger charge is -2.27. The van der Waals surface area contributed by atoms with E-state index in [0.717, 1.165) is 37.7 Å². The second kappa shape index (κ2) is 16.9. The van der Waals surface area contributed by atoms with E-state index < -0.39 is 35.4 Å². The van der Waals surface area contributed by atoms with Crippen molar-refractivity contribution in [2.24, 2.45) is 0 Å². The van der Waals surface area contributed by atoms with Gasteiger partial charge in [0.15, 0.2) is 0 Å². The van der Waals surface area contributed by atoms with Crippen LogP contribution in [-0.2, 0) is 25.7 Å². The summed E-state index contributed by atoms with van der Waals surface area (Å²) in [5.41, 5.74) is 0.320. The lowest BCUT2D eigenvalue weighted by molar-refractivity contribution is -0.191. The van der Waals surface area contributed by atoms with Crippen molar-refractivity contribution in [1.82, 2.24) is 10.6 Å². The summed E-state index contributed by atoms with van der Waals surface area (Å²) in [6.07, 6.45) is 4.71. The number of rotatable bonds is 10. The van der Waals surface area contributed by atoms with Crippen molar-refractivity contribution in [1.29, 1.82) is 0 Å². The van der Waals surface area contributed by atoms with Crippen LogP contribution < -0.4 is 15.5 Å². The molecule has 2 N–H and O–H groups in total. The Morgan fingerprint density at radius 2 is 1.76 bits per heavy atom. The Kier molecular flexibility index (Phi) is 14.0. The summed E-state index contributed by atoms with van der Waals surface area (Å²) in [6.45, 7) is 7.93. The number of carbonyl (C=O) groups is 3. The maximum Gasteiger partial charge on any atom is 0.408 e. The zero-order chi connectivity index (χ0) is 31.3. The summed E-state index contributed by atoms with van der Waals surface area (Å²) in [4.78, 5) is 57.4. The molecule has 1 atom stereocenters. The van der Waals surface area contributed by atoms with Crippen LogP contribution in [0.15, 0.2) is 41.3 Å². The second-order valence-electron chi connectivity index (χ2n) is 10.6. The highest BCUT2D eigenvalue weighted by atomic mass is 35.5. The van der Waals surface area contributed by atoms with Crippen LogP contribution in [0.3, 0.4) is 0 Å². The normalized spacial score (nSPS) is 14.5. The Morgan fingerprint density at radius 1 is 1.12 bits per heavy atom. The first-order valence-corrected chi connectivity index (χ1v) is 15.1. The van der Waals surface area contributed by atoms with Crippen molar-refractivity contribution >= 4 is 53.1 Å². The van der Waals surface area contributed by atoms with Crippen molar-refractivity contribution in [2.75, 3.05) is 17.2 Å². The highest BCUT2D eigenvalue weighted by Gasteiger charge is 2.34. The average Bonchev–Trinajstić information content (AvgIpc) is 3.02. The predicted octanol–water partition coefficient (Wildman–Crippen LogP) is 6.13. The number of ether oxygens (including phenoxy) is 1. The molecule has 0 saturated carbocycles. The Balaban J connectivity index is 0.00000197. The first-order chi connectivity index (χ1) is 19.9. The molecular formula is C30H37ClFN3O6S. The molecule has 42 heavy (non-hydrogen) atoms. The Bertz CT molecular complexity index is 1260. The molecule has 2 aromatic carbocycles. The third-order valence-electron chi connectivity index (χ3n) is 6.06. The van der Waals surface area contributed by atoms with Crippen molar-refractivity contribution in [2.45, 2.75) is 82.9 Å². The van der Waals surface area contributed by atoms with E-state index in [4.69, 9.17) is 25.9 Å². The third-order valence-corrected chi connectivity index (χ3v) is 7.45. The molecule has 0 unspecified atom stereocenters. The van der Waals surface area contributed by atoms with E-state index in [1.807, 2.05) is 0 Å². The summed E-state index contributed by atoms with van der Waals surface area (Å²) < 4.78 is 20.5. The lowest BCUT2D eigenvalue weighted by Crippen LogP contribution is -2.50. The van der Waals surface area contributed by atoms with Gasteiger partial charge in [0.2, 0.25) is 0 Å². The molecule has 0 aromatic heterocycles. The van der Waals surface area contributed by atoms with E-state index in [9.17, 15) is 14.4 Å². The number of benzene rings is 2. The van der Waals surface area contributed by atoms with Crippen molar-refractivity contribution in [3.8, 4) is 0 Å². The van der Waals surface area contributed by atoms with Crippen LogP contribution >= 0.6 is 23.4 Å². The van der Waals surface area contributed by atoms with Crippen LogP contribution in [0.2, 0.25) is 5.02 Å². The molecule has 0 bridgehead atoms. The molecule has 0 aliphatic carbocycles. The number of nitrogens with zero attached hydrogens (tertiary/aromatic N) is 1. The largest absolute Gasteiger partial charge is 0.444 e. The molecule has 0 fully saturated rings. The van der Waals surface area contributed by atoms with Crippen molar-refractivity contribution in [3.63, 3.8) is 0 Å². The van der Waals surface area contributed by atoms with E-state index >= 15 is 4.39 Å². The van der Waals surface area contributed by atoms with Gasteiger partial charge in [-0.2, -0.15) is 9.59 Å². The van der Waals surface area contributed by atoms with Crippen LogP contribution in [0.5, 0.6) is 0 Å². The molecule has 1 heterocycles. The minimum atomic E-state index is -0.923. The molecule has 12 heteroatoms. The number of hydrogen-bond donors (Lipinski definition) is 2. The summed E-state index contributed by atoms with van der Waals surface area (Å²) in [5, 5.41) is 6.01. The van der Waals surface area contributed by atoms with Crippen molar-refractivity contribution in [3.05, 3.63) is 58.4 Å². The lowest BCUT2D eigenvalue weighted by atomic mass is 10.1. The summed E-state index contributed by atoms with van der Waals surface area (Å²) in [6, 6.07) is 8.80. The molecule has 1 aliphatic rings. The summed E-state index contributed by atoms with van der Waals surface area (Å²) in [5.74, 6) is -1.41. The predicted molar refractivity (Wildman–Crippen MR) is 159 cm³/mol. The van der Waals surface area contributed by atoms with E-state index in [2.05, 4.69) is 17.6 Å². The fourth-order valence-electron chi connectivity index (χ4n) is 4.11. The number of fused-ring (bicyclic) bond motifs is 1. The SMILES string of the molecule is CCCCCCCNC(=O)c1cc2c(cc1F)SC[C@H](NC(=O)OC(C)(C)C)C(=O)N2Cc1ccc(Cl)cc1.O=C=O. The van der Waals surface area contributed by atoms with Gasteiger partial charge in [-0.15, -0.1) is 11.8 Å². The number of unbranched alkanes of at least 4 members (excludes halogenated alkanes) is 4. The van der Waals surface area contributed by atoms with Crippen LogP contribution in [0.25, 0.3) is 0 Å². The van der Waals surface area contributed by atoms with Crippen LogP contribution in [0, 0.1) is 5.82 Å². The molecule has 1 aliphatic heterocycles. The van der Waals surface area contributed by atoms with E-state index in [-0.39, 0.29) is 24.0 Å². The van der Waals surface area contributed by atoms with Gasteiger partial charge in [-0.1, -0.05) is 56.3 Å². The standard InChI is InChI=1S/C29H37ClFN3O4S.CO2/c1-5-6-7-8-9-14-32-26(35)21-15-24-25(16-22(21)31)39-18-23(33-28(37)38-29(2,3)4)27(36)34(24)17-19-10-12-20(30)13-11-19;2-1-3/h10-13,15-16,23H,5-9,14,17-18H2,1-4H3,(H,32,35)(H,33,37);/t23-;/m0./s1. The molecule has 3 rings (SSSR count). The molecule has 0 radical (unpaired) electrons. The van der Waals surface area contributed by atoms with Gasteiger partial charge < -0.3 is 20.3 Å². The molecule has 0 saturated heterocycles. The maximum absolute atomic E-state index is 15.1. The quantitative estimate of drug-likeness (QED) is 0.306.